The molecular formula is C24H31NO4. The summed E-state index contributed by atoms with van der Waals surface area (Å²) in [5.41, 5.74) is 4.31. The van der Waals surface area contributed by atoms with Crippen LogP contribution in [0.2, 0.25) is 0 Å². The van der Waals surface area contributed by atoms with Crippen molar-refractivity contribution in [1.82, 2.24) is 0 Å². The molecule has 2 aromatic rings. The number of ether oxygens (including phenoxy) is 2. The lowest BCUT2D eigenvalue weighted by Gasteiger charge is -2.20. The second kappa shape index (κ2) is 11.0. The van der Waals surface area contributed by atoms with Gasteiger partial charge in [-0.25, -0.2) is 0 Å². The fourth-order valence-corrected chi connectivity index (χ4v) is 3.77. The van der Waals surface area contributed by atoms with E-state index in [1.165, 1.54) is 5.56 Å². The molecule has 0 aromatic heterocycles. The quantitative estimate of drug-likeness (QED) is 0.563. The van der Waals surface area contributed by atoms with Gasteiger partial charge in [0.2, 0.25) is 0 Å². The van der Waals surface area contributed by atoms with Gasteiger partial charge in [0.05, 0.1) is 19.3 Å². The molecule has 2 unspecified atom stereocenters. The Bertz CT molecular complexity index is 783. The first kappa shape index (κ1) is 21.3. The second-order valence-electron chi connectivity index (χ2n) is 7.33. The maximum atomic E-state index is 9.67. The lowest BCUT2D eigenvalue weighted by Crippen LogP contribution is -2.15. The van der Waals surface area contributed by atoms with E-state index in [0.29, 0.717) is 6.61 Å². The number of aliphatic hydroxyl groups is 1. The van der Waals surface area contributed by atoms with Crippen molar-refractivity contribution in [2.24, 2.45) is 5.16 Å². The molecule has 0 spiro atoms. The molecule has 5 nitrogen and oxygen atoms in total. The molecule has 2 atom stereocenters. The highest BCUT2D eigenvalue weighted by molar-refractivity contribution is 5.60. The van der Waals surface area contributed by atoms with Gasteiger partial charge in [-0.1, -0.05) is 42.4 Å². The standard InChI is InChI=1S/C24H31NO4/c1-3-21-22(23-11-12-25-29-23)15-19(17-26)16-24(21)28-13-7-10-20(27-2)14-18-8-5-4-6-9-18/h4-6,8-9,12,15-16,20,23,26H,3,7,10-11,13-14,17H2,1-2H3. The molecule has 0 saturated heterocycles. The molecule has 2 aromatic carbocycles. The molecule has 3 rings (SSSR count). The van der Waals surface area contributed by atoms with Crippen LogP contribution < -0.4 is 4.74 Å². The van der Waals surface area contributed by atoms with Gasteiger partial charge in [-0.05, 0) is 48.9 Å². The molecule has 0 saturated carbocycles. The van der Waals surface area contributed by atoms with E-state index < -0.39 is 0 Å². The molecule has 156 valence electrons. The molecule has 1 N–H and O–H groups in total. The van der Waals surface area contributed by atoms with Gasteiger partial charge in [0.25, 0.3) is 0 Å². The van der Waals surface area contributed by atoms with Crippen LogP contribution in [0, 0.1) is 0 Å². The molecule has 1 aliphatic heterocycles. The van der Waals surface area contributed by atoms with E-state index >= 15 is 0 Å². The van der Waals surface area contributed by atoms with Crippen LogP contribution in [0.3, 0.4) is 0 Å². The summed E-state index contributed by atoms with van der Waals surface area (Å²) in [7, 11) is 1.77. The van der Waals surface area contributed by atoms with E-state index in [1.54, 1.807) is 13.3 Å². The highest BCUT2D eigenvalue weighted by Crippen LogP contribution is 2.34. The maximum Gasteiger partial charge on any atom is 0.158 e. The average molecular weight is 398 g/mol. The van der Waals surface area contributed by atoms with Gasteiger partial charge in [0.15, 0.2) is 6.10 Å². The SMILES string of the molecule is CCc1c(OCCCC(Cc2ccccc2)OC)cc(CO)cc1C1CC=NO1. The molecule has 29 heavy (non-hydrogen) atoms. The number of rotatable bonds is 11. The number of methoxy groups -OCH3 is 1. The Balaban J connectivity index is 1.59. The first-order chi connectivity index (χ1) is 14.2. The molecule has 0 aliphatic carbocycles. The van der Waals surface area contributed by atoms with E-state index in [1.807, 2.05) is 18.2 Å². The number of hydrogen-bond donors (Lipinski definition) is 1. The van der Waals surface area contributed by atoms with E-state index in [2.05, 4.69) is 36.3 Å². The van der Waals surface area contributed by atoms with Crippen LogP contribution in [-0.4, -0.2) is 31.1 Å². The van der Waals surface area contributed by atoms with Crippen LogP contribution in [0.5, 0.6) is 5.75 Å². The molecule has 0 radical (unpaired) electrons. The van der Waals surface area contributed by atoms with Crippen LogP contribution in [0.15, 0.2) is 47.6 Å². The summed E-state index contributed by atoms with van der Waals surface area (Å²) < 4.78 is 11.8. The minimum absolute atomic E-state index is 0.0241. The third-order valence-corrected chi connectivity index (χ3v) is 5.34. The van der Waals surface area contributed by atoms with E-state index in [9.17, 15) is 5.11 Å². The predicted molar refractivity (Wildman–Crippen MR) is 114 cm³/mol. The molecule has 5 heteroatoms. The fraction of sp³-hybridized carbons (Fsp3) is 0.458. The van der Waals surface area contributed by atoms with Gasteiger partial charge in [-0.3, -0.25) is 0 Å². The van der Waals surface area contributed by atoms with E-state index in [-0.39, 0.29) is 18.8 Å². The Kier molecular flexibility index (Phi) is 8.08. The molecule has 1 heterocycles. The largest absolute Gasteiger partial charge is 0.493 e. The number of nitrogens with zero attached hydrogens (tertiary/aromatic N) is 1. The number of aliphatic hydroxyl groups excluding tert-OH is 1. The van der Waals surface area contributed by atoms with Gasteiger partial charge in [0.1, 0.15) is 5.75 Å². The number of benzene rings is 2. The minimum Gasteiger partial charge on any atom is -0.493 e. The van der Waals surface area contributed by atoms with Gasteiger partial charge in [0, 0.05) is 30.9 Å². The second-order valence-corrected chi connectivity index (χ2v) is 7.33. The van der Waals surface area contributed by atoms with Gasteiger partial charge in [-0.15, -0.1) is 0 Å². The zero-order valence-electron chi connectivity index (χ0n) is 17.3. The lowest BCUT2D eigenvalue weighted by molar-refractivity contribution is 0.0843. The van der Waals surface area contributed by atoms with Crippen LogP contribution >= 0.6 is 0 Å². The number of oxime groups is 1. The van der Waals surface area contributed by atoms with Crippen molar-refractivity contribution in [3.63, 3.8) is 0 Å². The molecule has 0 bridgehead atoms. The van der Waals surface area contributed by atoms with Crippen LogP contribution in [0.1, 0.15) is 54.5 Å². The van der Waals surface area contributed by atoms with Crippen molar-refractivity contribution in [3.8, 4) is 5.75 Å². The van der Waals surface area contributed by atoms with Crippen LogP contribution in [0.4, 0.5) is 0 Å². The molecule has 0 amide bonds. The first-order valence-corrected chi connectivity index (χ1v) is 10.4. The Morgan fingerprint density at radius 2 is 2.03 bits per heavy atom. The Hall–Kier alpha value is -2.37. The molecular weight excluding hydrogens is 366 g/mol. The maximum absolute atomic E-state index is 9.67. The van der Waals surface area contributed by atoms with Gasteiger partial charge < -0.3 is 19.4 Å². The smallest absolute Gasteiger partial charge is 0.158 e. The normalized spacial score (nSPS) is 16.6. The van der Waals surface area contributed by atoms with Crippen molar-refractivity contribution in [2.45, 2.75) is 57.8 Å². The van der Waals surface area contributed by atoms with Crippen molar-refractivity contribution in [1.29, 1.82) is 0 Å². The Morgan fingerprint density at radius 3 is 2.69 bits per heavy atom. The van der Waals surface area contributed by atoms with Crippen LogP contribution in [0.25, 0.3) is 0 Å². The summed E-state index contributed by atoms with van der Waals surface area (Å²) in [4.78, 5) is 5.48. The molecule has 1 aliphatic rings. The van der Waals surface area contributed by atoms with Crippen molar-refractivity contribution < 1.29 is 19.4 Å². The lowest BCUT2D eigenvalue weighted by atomic mass is 9.95. The number of hydrogen-bond acceptors (Lipinski definition) is 5. The summed E-state index contributed by atoms with van der Waals surface area (Å²) >= 11 is 0. The summed E-state index contributed by atoms with van der Waals surface area (Å²) in [5.74, 6) is 0.835. The van der Waals surface area contributed by atoms with Crippen molar-refractivity contribution >= 4 is 6.21 Å². The summed E-state index contributed by atoms with van der Waals surface area (Å²) in [6.45, 7) is 2.70. The highest BCUT2D eigenvalue weighted by atomic mass is 16.6. The highest BCUT2D eigenvalue weighted by Gasteiger charge is 2.22. The Labute approximate surface area is 173 Å². The minimum atomic E-state index is -0.0949. The fourth-order valence-electron chi connectivity index (χ4n) is 3.77. The summed E-state index contributed by atoms with van der Waals surface area (Å²) in [6.07, 6.45) is 6.18. The van der Waals surface area contributed by atoms with Crippen molar-refractivity contribution in [2.75, 3.05) is 13.7 Å². The summed E-state index contributed by atoms with van der Waals surface area (Å²) in [6, 6.07) is 14.4. The monoisotopic (exact) mass is 397 g/mol. The predicted octanol–water partition coefficient (Wildman–Crippen LogP) is 4.61. The van der Waals surface area contributed by atoms with E-state index in [4.69, 9.17) is 14.3 Å². The first-order valence-electron chi connectivity index (χ1n) is 10.4. The van der Waals surface area contributed by atoms with E-state index in [0.717, 1.165) is 54.5 Å². The topological polar surface area (TPSA) is 60.3 Å². The average Bonchev–Trinajstić information content (AvgIpc) is 3.30. The third kappa shape index (κ3) is 5.81. The van der Waals surface area contributed by atoms with Crippen molar-refractivity contribution in [3.05, 3.63) is 64.7 Å². The zero-order chi connectivity index (χ0) is 20.5. The molecule has 0 fully saturated rings. The van der Waals surface area contributed by atoms with Gasteiger partial charge >= 0.3 is 0 Å². The zero-order valence-corrected chi connectivity index (χ0v) is 17.3. The summed E-state index contributed by atoms with van der Waals surface area (Å²) in [5, 5.41) is 13.6. The van der Waals surface area contributed by atoms with Crippen LogP contribution in [-0.2, 0) is 29.0 Å². The third-order valence-electron chi connectivity index (χ3n) is 5.34. The Morgan fingerprint density at radius 1 is 1.21 bits per heavy atom. The van der Waals surface area contributed by atoms with Gasteiger partial charge in [-0.2, -0.15) is 0 Å².